The average Bonchev–Trinajstić information content (AvgIpc) is 3.08. The maximum atomic E-state index is 14.2. The average molecular weight is 470 g/mol. The zero-order valence-electron chi connectivity index (χ0n) is 16.4. The highest BCUT2D eigenvalue weighted by molar-refractivity contribution is 9.09. The van der Waals surface area contributed by atoms with Gasteiger partial charge in [0.2, 0.25) is 0 Å². The fourth-order valence-corrected chi connectivity index (χ4v) is 4.17. The number of nitrogens with zero attached hydrogens (tertiary/aromatic N) is 3. The van der Waals surface area contributed by atoms with Crippen molar-refractivity contribution in [1.82, 2.24) is 14.7 Å². The van der Waals surface area contributed by atoms with Crippen LogP contribution in [0.25, 0.3) is 11.3 Å². The molecule has 4 rings (SSSR count). The first-order valence-corrected chi connectivity index (χ1v) is 10.2. The zero-order valence-corrected chi connectivity index (χ0v) is 18.0. The Morgan fingerprint density at radius 1 is 1.24 bits per heavy atom. The van der Waals surface area contributed by atoms with Crippen molar-refractivity contribution in [2.24, 2.45) is 0 Å². The summed E-state index contributed by atoms with van der Waals surface area (Å²) in [6.07, 6.45) is 1.97. The Morgan fingerprint density at radius 2 is 1.90 bits per heavy atom. The highest BCUT2D eigenvalue weighted by atomic mass is 79.9. The predicted molar refractivity (Wildman–Crippen MR) is 106 cm³/mol. The van der Waals surface area contributed by atoms with Gasteiger partial charge < -0.3 is 14.4 Å². The van der Waals surface area contributed by atoms with Gasteiger partial charge in [-0.3, -0.25) is 0 Å². The van der Waals surface area contributed by atoms with Crippen molar-refractivity contribution >= 4 is 22.0 Å². The maximum Gasteiger partial charge on any atom is 0.410 e. The Hall–Kier alpha value is -2.16. The number of alkyl halides is 3. The first kappa shape index (κ1) is 20.1. The predicted octanol–water partition coefficient (Wildman–Crippen LogP) is 5.07. The number of aromatic nitrogens is 2. The van der Waals surface area contributed by atoms with E-state index in [0.29, 0.717) is 53.2 Å². The Morgan fingerprint density at radius 3 is 2.52 bits per heavy atom. The number of carbonyl (C=O) groups excluding carboxylic acids is 1. The van der Waals surface area contributed by atoms with Crippen molar-refractivity contribution in [1.29, 1.82) is 0 Å². The molecular formula is C20H22BrF2N3O3. The summed E-state index contributed by atoms with van der Waals surface area (Å²) in [5.41, 5.74) is 0.110. The third kappa shape index (κ3) is 3.60. The quantitative estimate of drug-likeness (QED) is 0.547. The molecule has 1 fully saturated rings. The Bertz CT molecular complexity index is 941. The summed E-state index contributed by atoms with van der Waals surface area (Å²) in [7, 11) is 0. The van der Waals surface area contributed by atoms with Crippen molar-refractivity contribution in [2.45, 2.75) is 49.8 Å². The van der Waals surface area contributed by atoms with Crippen LogP contribution in [0.4, 0.5) is 13.6 Å². The van der Waals surface area contributed by atoms with Gasteiger partial charge in [-0.25, -0.2) is 4.79 Å². The molecule has 0 radical (unpaired) electrons. The summed E-state index contributed by atoms with van der Waals surface area (Å²) in [6.45, 7) is 6.24. The second kappa shape index (κ2) is 6.68. The molecule has 1 aromatic carbocycles. The van der Waals surface area contributed by atoms with Gasteiger partial charge in [0.1, 0.15) is 17.0 Å². The summed E-state index contributed by atoms with van der Waals surface area (Å²) in [4.78, 5) is 10.7. The summed E-state index contributed by atoms with van der Waals surface area (Å²) >= 11 is 2.42. The van der Waals surface area contributed by atoms with Crippen LogP contribution in [0.2, 0.25) is 0 Å². The fraction of sp³-hybridized carbons (Fsp3) is 0.500. The molecule has 2 aliphatic rings. The molecule has 0 aliphatic carbocycles. The lowest BCUT2D eigenvalue weighted by Crippen LogP contribution is -2.50. The summed E-state index contributed by atoms with van der Waals surface area (Å²) in [6, 6.07) is 7.09. The van der Waals surface area contributed by atoms with Crippen LogP contribution in [0.5, 0.6) is 5.75 Å². The van der Waals surface area contributed by atoms with Gasteiger partial charge >= 0.3 is 11.0 Å². The molecule has 6 nitrogen and oxygen atoms in total. The van der Waals surface area contributed by atoms with Crippen molar-refractivity contribution in [3.63, 3.8) is 0 Å². The van der Waals surface area contributed by atoms with Crippen LogP contribution >= 0.6 is 15.9 Å². The molecule has 1 spiro atoms. The largest absolute Gasteiger partial charge is 0.482 e. The van der Waals surface area contributed by atoms with Crippen LogP contribution in [-0.2, 0) is 15.3 Å². The molecule has 29 heavy (non-hydrogen) atoms. The van der Waals surface area contributed by atoms with Gasteiger partial charge in [0, 0.05) is 53.0 Å². The van der Waals surface area contributed by atoms with E-state index in [1.165, 1.54) is 6.20 Å². The molecule has 0 saturated carbocycles. The van der Waals surface area contributed by atoms with E-state index in [1.807, 2.05) is 20.8 Å². The molecule has 1 amide bonds. The number of rotatable bonds is 1. The van der Waals surface area contributed by atoms with Crippen molar-refractivity contribution in [3.8, 4) is 17.0 Å². The number of carbonyl (C=O) groups is 1. The molecule has 0 N–H and O–H groups in total. The number of benzene rings is 1. The normalized spacial score (nSPS) is 18.1. The lowest BCUT2D eigenvalue weighted by atomic mass is 9.81. The highest BCUT2D eigenvalue weighted by Gasteiger charge is 2.48. The van der Waals surface area contributed by atoms with Crippen molar-refractivity contribution in [3.05, 3.63) is 36.0 Å². The number of para-hydroxylation sites is 1. The van der Waals surface area contributed by atoms with E-state index in [-0.39, 0.29) is 6.09 Å². The topological polar surface area (TPSA) is 56.6 Å². The fourth-order valence-electron chi connectivity index (χ4n) is 3.90. The lowest BCUT2D eigenvalue weighted by molar-refractivity contribution is -0.0224. The number of likely N-dealkylation sites (tertiary alicyclic amines) is 1. The third-order valence-electron chi connectivity index (χ3n) is 5.17. The number of fused-ring (bicyclic) bond motifs is 4. The Labute approximate surface area is 175 Å². The first-order chi connectivity index (χ1) is 13.5. The standard InChI is InChI=1S/C20H22BrF2N3O3/c1-18(2,3)29-17(27)25-10-8-19(9-11-25)14-12-24-26(20(21,22)23)16(14)13-6-4-5-7-15(13)28-19/h4-7,12H,8-11H2,1-3H3. The molecular weight excluding hydrogens is 448 g/mol. The van der Waals surface area contributed by atoms with Gasteiger partial charge in [-0.2, -0.15) is 18.6 Å². The van der Waals surface area contributed by atoms with E-state index in [0.717, 1.165) is 0 Å². The zero-order chi connectivity index (χ0) is 21.0. The molecule has 9 heteroatoms. The van der Waals surface area contributed by atoms with Crippen molar-refractivity contribution < 1.29 is 23.0 Å². The van der Waals surface area contributed by atoms with Gasteiger partial charge in [0.05, 0.1) is 11.9 Å². The number of hydrogen-bond donors (Lipinski definition) is 0. The molecule has 0 bridgehead atoms. The number of hydrogen-bond acceptors (Lipinski definition) is 4. The van der Waals surface area contributed by atoms with Crippen LogP contribution < -0.4 is 4.74 Å². The summed E-state index contributed by atoms with van der Waals surface area (Å²) in [5.74, 6) is 0.532. The number of amides is 1. The minimum atomic E-state index is -3.33. The van der Waals surface area contributed by atoms with Gasteiger partial charge in [0.25, 0.3) is 0 Å². The molecule has 2 aliphatic heterocycles. The molecule has 1 saturated heterocycles. The van der Waals surface area contributed by atoms with Crippen LogP contribution in [0.15, 0.2) is 30.5 Å². The van der Waals surface area contributed by atoms with E-state index >= 15 is 0 Å². The first-order valence-electron chi connectivity index (χ1n) is 9.42. The second-order valence-corrected chi connectivity index (χ2v) is 9.30. The van der Waals surface area contributed by atoms with E-state index in [2.05, 4.69) is 21.0 Å². The van der Waals surface area contributed by atoms with Gasteiger partial charge in [-0.15, -0.1) is 0 Å². The smallest absolute Gasteiger partial charge is 0.410 e. The molecule has 156 valence electrons. The molecule has 2 aromatic rings. The van der Waals surface area contributed by atoms with E-state index in [4.69, 9.17) is 9.47 Å². The molecule has 1 aromatic heterocycles. The number of ether oxygens (including phenoxy) is 2. The SMILES string of the molecule is CC(C)(C)OC(=O)N1CCC2(CC1)Oc1ccccc1-c1c2cnn1C(F)(F)Br. The third-order valence-corrected chi connectivity index (χ3v) is 5.51. The summed E-state index contributed by atoms with van der Waals surface area (Å²) < 4.78 is 40.8. The van der Waals surface area contributed by atoms with Gasteiger partial charge in [0.15, 0.2) is 0 Å². The minimum Gasteiger partial charge on any atom is -0.482 e. The van der Waals surface area contributed by atoms with Crippen LogP contribution in [-0.4, -0.2) is 39.5 Å². The van der Waals surface area contributed by atoms with E-state index in [9.17, 15) is 13.6 Å². The van der Waals surface area contributed by atoms with Crippen molar-refractivity contribution in [2.75, 3.05) is 13.1 Å². The Balaban J connectivity index is 1.68. The van der Waals surface area contributed by atoms with Gasteiger partial charge in [-0.1, -0.05) is 12.1 Å². The molecule has 3 heterocycles. The van der Waals surface area contributed by atoms with E-state index < -0.39 is 16.2 Å². The van der Waals surface area contributed by atoms with E-state index in [1.54, 1.807) is 29.2 Å². The molecule has 0 atom stereocenters. The molecule has 0 unspecified atom stereocenters. The minimum absolute atomic E-state index is 0.333. The monoisotopic (exact) mass is 469 g/mol. The van der Waals surface area contributed by atoms with Gasteiger partial charge in [-0.05, 0) is 32.9 Å². The van der Waals surface area contributed by atoms with Crippen LogP contribution in [0.1, 0.15) is 39.2 Å². The lowest BCUT2D eigenvalue weighted by Gasteiger charge is -2.44. The van der Waals surface area contributed by atoms with Crippen LogP contribution in [0, 0.1) is 0 Å². The number of piperidine rings is 1. The van der Waals surface area contributed by atoms with Crippen LogP contribution in [0.3, 0.4) is 0 Å². The Kier molecular flexibility index (Phi) is 4.64. The summed E-state index contributed by atoms with van der Waals surface area (Å²) in [5, 5.41) is 3.95. The highest BCUT2D eigenvalue weighted by Crippen LogP contribution is 2.51. The number of halogens is 3. The maximum absolute atomic E-state index is 14.2. The second-order valence-electron chi connectivity index (χ2n) is 8.35.